The van der Waals surface area contributed by atoms with Crippen molar-refractivity contribution in [1.82, 2.24) is 4.72 Å². The molecule has 74 valence electrons. The summed E-state index contributed by atoms with van der Waals surface area (Å²) < 4.78 is 2.19. The van der Waals surface area contributed by atoms with Crippen LogP contribution in [0.4, 0.5) is 0 Å². The topological polar surface area (TPSA) is 66.4 Å². The summed E-state index contributed by atoms with van der Waals surface area (Å²) in [5, 5.41) is 8.61. The van der Waals surface area contributed by atoms with Crippen LogP contribution in [0.15, 0.2) is 24.3 Å². The molecule has 5 heteroatoms. The normalized spacial score (nSPS) is 9.50. The van der Waals surface area contributed by atoms with E-state index in [-0.39, 0.29) is 17.9 Å². The largest absolute Gasteiger partial charge is 0.478 e. The maximum absolute atomic E-state index is 10.9. The van der Waals surface area contributed by atoms with E-state index in [9.17, 15) is 9.59 Å². The van der Waals surface area contributed by atoms with E-state index < -0.39 is 5.97 Å². The summed E-state index contributed by atoms with van der Waals surface area (Å²) in [7, 11) is 0. The van der Waals surface area contributed by atoms with Crippen molar-refractivity contribution in [2.45, 2.75) is 6.42 Å². The lowest BCUT2D eigenvalue weighted by atomic mass is 10.1. The molecule has 0 spiro atoms. The molecule has 1 rings (SSSR count). The smallest absolute Gasteiger partial charge is 0.335 e. The number of hydrogen-bond acceptors (Lipinski definition) is 3. The monoisotopic (exact) mass is 211 g/mol. The van der Waals surface area contributed by atoms with Crippen LogP contribution in [-0.4, -0.2) is 17.0 Å². The van der Waals surface area contributed by atoms with Gasteiger partial charge in [-0.05, 0) is 17.7 Å². The summed E-state index contributed by atoms with van der Waals surface area (Å²) in [5.74, 6) is -1.20. The Balaban J connectivity index is 2.73. The van der Waals surface area contributed by atoms with E-state index in [1.807, 2.05) is 0 Å². The van der Waals surface area contributed by atoms with Crippen LogP contribution in [0.25, 0.3) is 0 Å². The van der Waals surface area contributed by atoms with E-state index >= 15 is 0 Å². The Labute approximate surface area is 86.5 Å². The van der Waals surface area contributed by atoms with Crippen molar-refractivity contribution in [3.05, 3.63) is 35.4 Å². The second-order valence-corrected chi connectivity index (χ2v) is 2.94. The molecule has 0 unspecified atom stereocenters. The van der Waals surface area contributed by atoms with Crippen LogP contribution >= 0.6 is 12.8 Å². The molecule has 0 aliphatic rings. The Morgan fingerprint density at radius 2 is 1.86 bits per heavy atom. The van der Waals surface area contributed by atoms with Crippen molar-refractivity contribution in [3.63, 3.8) is 0 Å². The van der Waals surface area contributed by atoms with Gasteiger partial charge in [-0.15, -0.1) is 0 Å². The fraction of sp³-hybridized carbons (Fsp3) is 0.111. The van der Waals surface area contributed by atoms with Gasteiger partial charge in [-0.2, -0.15) is 0 Å². The summed E-state index contributed by atoms with van der Waals surface area (Å²) >= 11 is 3.61. The van der Waals surface area contributed by atoms with Crippen LogP contribution in [-0.2, 0) is 11.2 Å². The quantitative estimate of drug-likeness (QED) is 0.650. The Bertz CT molecular complexity index is 348. The molecule has 1 amide bonds. The first kappa shape index (κ1) is 10.6. The van der Waals surface area contributed by atoms with E-state index in [1.165, 1.54) is 12.1 Å². The summed E-state index contributed by atoms with van der Waals surface area (Å²) in [4.78, 5) is 21.4. The molecule has 1 aromatic carbocycles. The lowest BCUT2D eigenvalue weighted by Crippen LogP contribution is -2.15. The predicted molar refractivity (Wildman–Crippen MR) is 54.2 cm³/mol. The molecular formula is C9H9NO3S. The van der Waals surface area contributed by atoms with Crippen LogP contribution in [0.1, 0.15) is 15.9 Å². The van der Waals surface area contributed by atoms with Gasteiger partial charge in [0.25, 0.3) is 0 Å². The van der Waals surface area contributed by atoms with Gasteiger partial charge in [0, 0.05) is 0 Å². The predicted octanol–water partition coefficient (Wildman–Crippen LogP) is 0.888. The fourth-order valence-corrected chi connectivity index (χ4v) is 1.07. The van der Waals surface area contributed by atoms with Gasteiger partial charge in [0.05, 0.1) is 12.0 Å². The van der Waals surface area contributed by atoms with E-state index in [0.717, 1.165) is 5.56 Å². The average molecular weight is 211 g/mol. The van der Waals surface area contributed by atoms with Gasteiger partial charge in [0.1, 0.15) is 0 Å². The molecule has 0 aromatic heterocycles. The summed E-state index contributed by atoms with van der Waals surface area (Å²) in [6, 6.07) is 6.13. The van der Waals surface area contributed by atoms with Crippen molar-refractivity contribution >= 4 is 24.7 Å². The van der Waals surface area contributed by atoms with E-state index in [4.69, 9.17) is 5.11 Å². The number of carbonyl (C=O) groups excluding carboxylic acids is 1. The first-order chi connectivity index (χ1) is 6.63. The third-order valence-corrected chi connectivity index (χ3v) is 1.94. The fourth-order valence-electron chi connectivity index (χ4n) is 0.990. The number of hydrogen-bond donors (Lipinski definition) is 3. The highest BCUT2D eigenvalue weighted by atomic mass is 32.1. The minimum absolute atomic E-state index is 0.198. The lowest BCUT2D eigenvalue weighted by Gasteiger charge is -2.00. The average Bonchev–Trinajstić information content (AvgIpc) is 2.18. The lowest BCUT2D eigenvalue weighted by molar-refractivity contribution is -0.118. The maximum atomic E-state index is 10.9. The second-order valence-electron chi connectivity index (χ2n) is 2.71. The third kappa shape index (κ3) is 2.77. The van der Waals surface area contributed by atoms with Gasteiger partial charge in [0.15, 0.2) is 0 Å². The molecule has 2 N–H and O–H groups in total. The second kappa shape index (κ2) is 4.66. The van der Waals surface area contributed by atoms with Crippen LogP contribution in [0.3, 0.4) is 0 Å². The van der Waals surface area contributed by atoms with Crippen molar-refractivity contribution in [3.8, 4) is 0 Å². The molecule has 14 heavy (non-hydrogen) atoms. The van der Waals surface area contributed by atoms with Gasteiger partial charge in [-0.3, -0.25) is 4.79 Å². The molecule has 0 aliphatic carbocycles. The van der Waals surface area contributed by atoms with E-state index in [1.54, 1.807) is 12.1 Å². The molecule has 4 nitrogen and oxygen atoms in total. The Hall–Kier alpha value is -1.49. The number of benzene rings is 1. The van der Waals surface area contributed by atoms with Gasteiger partial charge in [-0.25, -0.2) is 4.79 Å². The van der Waals surface area contributed by atoms with Gasteiger partial charge in [-0.1, -0.05) is 24.9 Å². The van der Waals surface area contributed by atoms with Crippen molar-refractivity contribution in [2.24, 2.45) is 0 Å². The van der Waals surface area contributed by atoms with Gasteiger partial charge < -0.3 is 9.83 Å². The minimum atomic E-state index is -0.977. The van der Waals surface area contributed by atoms with Gasteiger partial charge in [0.2, 0.25) is 5.91 Å². The van der Waals surface area contributed by atoms with Crippen LogP contribution in [0, 0.1) is 0 Å². The molecule has 0 heterocycles. The third-order valence-electron chi connectivity index (χ3n) is 1.69. The summed E-state index contributed by atoms with van der Waals surface area (Å²) in [6.45, 7) is 0. The zero-order chi connectivity index (χ0) is 10.6. The molecule has 0 radical (unpaired) electrons. The van der Waals surface area contributed by atoms with E-state index in [0.29, 0.717) is 0 Å². The molecule has 0 atom stereocenters. The highest BCUT2D eigenvalue weighted by molar-refractivity contribution is 7.78. The SMILES string of the molecule is O=C(Cc1ccc(C(=O)O)cc1)NS. The zero-order valence-corrected chi connectivity index (χ0v) is 8.12. The molecule has 0 saturated carbocycles. The molecule has 0 bridgehead atoms. The molecular weight excluding hydrogens is 202 g/mol. The number of rotatable bonds is 3. The first-order valence-corrected chi connectivity index (χ1v) is 4.33. The molecule has 0 aliphatic heterocycles. The highest BCUT2D eigenvalue weighted by Crippen LogP contribution is 2.05. The minimum Gasteiger partial charge on any atom is -0.478 e. The molecule has 1 aromatic rings. The summed E-state index contributed by atoms with van der Waals surface area (Å²) in [6.07, 6.45) is 0.198. The van der Waals surface area contributed by atoms with Crippen LogP contribution < -0.4 is 4.72 Å². The Morgan fingerprint density at radius 3 is 2.29 bits per heavy atom. The number of carbonyl (C=O) groups is 2. The van der Waals surface area contributed by atoms with Crippen molar-refractivity contribution in [2.75, 3.05) is 0 Å². The number of aromatic carboxylic acids is 1. The number of nitrogens with one attached hydrogen (secondary N) is 1. The summed E-state index contributed by atoms with van der Waals surface area (Å²) in [5.41, 5.74) is 0.960. The number of thiol groups is 1. The zero-order valence-electron chi connectivity index (χ0n) is 7.23. The standard InChI is InChI=1S/C9H9NO3S/c11-8(10-14)5-6-1-3-7(4-2-6)9(12)13/h1-4,14H,5H2,(H,10,11)(H,12,13). The van der Waals surface area contributed by atoms with Crippen LogP contribution in [0.5, 0.6) is 0 Å². The Morgan fingerprint density at radius 1 is 1.29 bits per heavy atom. The first-order valence-electron chi connectivity index (χ1n) is 3.88. The van der Waals surface area contributed by atoms with E-state index in [2.05, 4.69) is 17.5 Å². The number of carboxylic acids is 1. The number of amides is 1. The Kier molecular flexibility index (Phi) is 3.53. The van der Waals surface area contributed by atoms with Gasteiger partial charge >= 0.3 is 5.97 Å². The maximum Gasteiger partial charge on any atom is 0.335 e. The van der Waals surface area contributed by atoms with Crippen LogP contribution in [0.2, 0.25) is 0 Å². The molecule has 0 saturated heterocycles. The molecule has 0 fully saturated rings. The highest BCUT2D eigenvalue weighted by Gasteiger charge is 2.04. The van der Waals surface area contributed by atoms with Crippen molar-refractivity contribution < 1.29 is 14.7 Å². The number of carboxylic acid groups (broad SMARTS) is 1. The van der Waals surface area contributed by atoms with Crippen molar-refractivity contribution in [1.29, 1.82) is 0 Å².